The van der Waals surface area contributed by atoms with E-state index in [1.54, 1.807) is 0 Å². The van der Waals surface area contributed by atoms with E-state index in [2.05, 4.69) is 12.2 Å². The van der Waals surface area contributed by atoms with Gasteiger partial charge in [0.2, 0.25) is 17.7 Å². The summed E-state index contributed by atoms with van der Waals surface area (Å²) in [6.45, 7) is 1.44. The first kappa shape index (κ1) is 18.6. The van der Waals surface area contributed by atoms with Crippen molar-refractivity contribution in [3.8, 4) is 0 Å². The molecule has 5 rings (SSSR count). The molecule has 0 radical (unpaired) electrons. The standard InChI is InChI=1S/C24H28N2O3/c27-22(25-12-6-1-2-7-13-25)19(14-16-8-4-3-5-9-16)26-23(28)20-17-10-11-18(15-17)21(20)24(26)29/h3-5,8-11,17-21H,1-2,6-7,12-15H2/t17-,18-,19-,20+,21+/m0/s1. The largest absolute Gasteiger partial charge is 0.341 e. The van der Waals surface area contributed by atoms with Gasteiger partial charge in [0, 0.05) is 19.5 Å². The first-order valence-corrected chi connectivity index (χ1v) is 11.0. The molecule has 2 aliphatic carbocycles. The first-order valence-electron chi connectivity index (χ1n) is 11.0. The summed E-state index contributed by atoms with van der Waals surface area (Å²) in [5.41, 5.74) is 0.986. The number of benzene rings is 1. The normalized spacial score (nSPS) is 31.9. The molecule has 2 heterocycles. The number of nitrogens with zero attached hydrogens (tertiary/aromatic N) is 2. The Morgan fingerprint density at radius 2 is 1.48 bits per heavy atom. The fourth-order valence-corrected chi connectivity index (χ4v) is 5.86. The summed E-state index contributed by atoms with van der Waals surface area (Å²) in [5, 5.41) is 0. The minimum atomic E-state index is -0.722. The third-order valence-electron chi connectivity index (χ3n) is 7.29. The molecule has 29 heavy (non-hydrogen) atoms. The number of likely N-dealkylation sites (tertiary alicyclic amines) is 2. The summed E-state index contributed by atoms with van der Waals surface area (Å²) >= 11 is 0. The molecular weight excluding hydrogens is 364 g/mol. The van der Waals surface area contributed by atoms with Crippen LogP contribution in [0.15, 0.2) is 42.5 Å². The SMILES string of the molecule is O=C([C@H](Cc1ccccc1)N1C(=O)[C@H]2[C@H](C1=O)[C@H]1C=C[C@H]2C1)N1CCCCCC1. The van der Waals surface area contributed by atoms with E-state index in [0.717, 1.165) is 50.8 Å². The molecule has 0 aromatic heterocycles. The molecule has 5 nitrogen and oxygen atoms in total. The molecule has 0 spiro atoms. The van der Waals surface area contributed by atoms with Crippen LogP contribution in [0.4, 0.5) is 0 Å². The van der Waals surface area contributed by atoms with Crippen LogP contribution in [0.2, 0.25) is 0 Å². The molecule has 0 N–H and O–H groups in total. The lowest BCUT2D eigenvalue weighted by Gasteiger charge is -2.32. The Morgan fingerprint density at radius 1 is 0.897 bits per heavy atom. The monoisotopic (exact) mass is 392 g/mol. The van der Waals surface area contributed by atoms with Crippen molar-refractivity contribution in [3.63, 3.8) is 0 Å². The zero-order valence-corrected chi connectivity index (χ0v) is 16.7. The van der Waals surface area contributed by atoms with Crippen LogP contribution in [0.5, 0.6) is 0 Å². The van der Waals surface area contributed by atoms with Gasteiger partial charge in [-0.3, -0.25) is 19.3 Å². The second-order valence-corrected chi connectivity index (χ2v) is 8.99. The van der Waals surface area contributed by atoms with Crippen molar-refractivity contribution in [1.82, 2.24) is 9.80 Å². The maximum atomic E-state index is 13.6. The predicted molar refractivity (Wildman–Crippen MR) is 109 cm³/mol. The number of hydrogen-bond donors (Lipinski definition) is 0. The van der Waals surface area contributed by atoms with Gasteiger partial charge < -0.3 is 4.90 Å². The van der Waals surface area contributed by atoms with Crippen molar-refractivity contribution >= 4 is 17.7 Å². The molecular formula is C24H28N2O3. The third kappa shape index (κ3) is 3.11. The highest BCUT2D eigenvalue weighted by atomic mass is 16.2. The van der Waals surface area contributed by atoms with E-state index in [1.807, 2.05) is 35.2 Å². The van der Waals surface area contributed by atoms with Crippen LogP contribution >= 0.6 is 0 Å². The molecule has 4 aliphatic rings. The Bertz CT molecular complexity index is 811. The van der Waals surface area contributed by atoms with E-state index >= 15 is 0 Å². The number of carbonyl (C=O) groups is 3. The van der Waals surface area contributed by atoms with Gasteiger partial charge in [-0.25, -0.2) is 0 Å². The maximum Gasteiger partial charge on any atom is 0.246 e. The lowest BCUT2D eigenvalue weighted by Crippen LogP contribution is -2.53. The van der Waals surface area contributed by atoms with E-state index < -0.39 is 6.04 Å². The number of carbonyl (C=O) groups excluding carboxylic acids is 3. The minimum Gasteiger partial charge on any atom is -0.341 e. The highest BCUT2D eigenvalue weighted by Gasteiger charge is 2.61. The summed E-state index contributed by atoms with van der Waals surface area (Å²) in [5.74, 6) is -0.491. The van der Waals surface area contributed by atoms with E-state index in [0.29, 0.717) is 6.42 Å². The van der Waals surface area contributed by atoms with Crippen molar-refractivity contribution in [2.45, 2.75) is 44.6 Å². The molecule has 1 aromatic rings. The smallest absolute Gasteiger partial charge is 0.246 e. The van der Waals surface area contributed by atoms with Gasteiger partial charge in [0.1, 0.15) is 6.04 Å². The maximum absolute atomic E-state index is 13.6. The zero-order chi connectivity index (χ0) is 20.0. The third-order valence-corrected chi connectivity index (χ3v) is 7.29. The Balaban J connectivity index is 1.46. The molecule has 2 aliphatic heterocycles. The van der Waals surface area contributed by atoms with Gasteiger partial charge in [0.05, 0.1) is 11.8 Å². The number of amides is 3. The Kier molecular flexibility index (Phi) is 4.76. The average Bonchev–Trinajstić information content (AvgIpc) is 3.33. The summed E-state index contributed by atoms with van der Waals surface area (Å²) in [6, 6.07) is 9.04. The van der Waals surface area contributed by atoms with Crippen LogP contribution in [0, 0.1) is 23.7 Å². The van der Waals surface area contributed by atoms with Gasteiger partial charge in [-0.1, -0.05) is 55.3 Å². The topological polar surface area (TPSA) is 57.7 Å². The highest BCUT2D eigenvalue weighted by Crippen LogP contribution is 2.53. The van der Waals surface area contributed by atoms with Gasteiger partial charge >= 0.3 is 0 Å². The second-order valence-electron chi connectivity index (χ2n) is 8.99. The molecule has 2 bridgehead atoms. The van der Waals surface area contributed by atoms with E-state index in [1.165, 1.54) is 4.90 Å². The lowest BCUT2D eigenvalue weighted by atomic mass is 9.85. The van der Waals surface area contributed by atoms with Crippen LogP contribution in [-0.2, 0) is 20.8 Å². The van der Waals surface area contributed by atoms with Gasteiger partial charge in [-0.15, -0.1) is 0 Å². The van der Waals surface area contributed by atoms with Crippen LogP contribution < -0.4 is 0 Å². The lowest BCUT2D eigenvalue weighted by molar-refractivity contribution is -0.152. The molecule has 152 valence electrons. The van der Waals surface area contributed by atoms with E-state index in [-0.39, 0.29) is 41.4 Å². The minimum absolute atomic E-state index is 0.0577. The van der Waals surface area contributed by atoms with E-state index in [4.69, 9.17) is 0 Å². The number of hydrogen-bond acceptors (Lipinski definition) is 3. The fourth-order valence-electron chi connectivity index (χ4n) is 5.86. The molecule has 5 heteroatoms. The molecule has 3 fully saturated rings. The highest BCUT2D eigenvalue weighted by molar-refractivity contribution is 6.09. The summed E-state index contributed by atoms with van der Waals surface area (Å²) < 4.78 is 0. The van der Waals surface area contributed by atoms with Gasteiger partial charge in [0.25, 0.3) is 0 Å². The Labute approximate surface area is 171 Å². The Morgan fingerprint density at radius 3 is 2.07 bits per heavy atom. The number of fused-ring (bicyclic) bond motifs is 5. The van der Waals surface area contributed by atoms with Crippen molar-refractivity contribution in [2.75, 3.05) is 13.1 Å². The van der Waals surface area contributed by atoms with Crippen LogP contribution in [0.1, 0.15) is 37.7 Å². The second kappa shape index (κ2) is 7.43. The molecule has 3 amide bonds. The summed E-state index contributed by atoms with van der Waals surface area (Å²) in [4.78, 5) is 43.6. The van der Waals surface area contributed by atoms with Crippen molar-refractivity contribution < 1.29 is 14.4 Å². The predicted octanol–water partition coefficient (Wildman–Crippen LogP) is 2.81. The van der Waals surface area contributed by atoms with Gasteiger partial charge in [-0.05, 0) is 36.7 Å². The summed E-state index contributed by atoms with van der Waals surface area (Å²) in [7, 11) is 0. The molecule has 2 saturated heterocycles. The van der Waals surface area contributed by atoms with Gasteiger partial charge in [-0.2, -0.15) is 0 Å². The molecule has 1 aromatic carbocycles. The van der Waals surface area contributed by atoms with Crippen LogP contribution in [0.3, 0.4) is 0 Å². The van der Waals surface area contributed by atoms with E-state index in [9.17, 15) is 14.4 Å². The Hall–Kier alpha value is -2.43. The number of rotatable bonds is 4. The molecule has 0 unspecified atom stereocenters. The number of allylic oxidation sites excluding steroid dienone is 2. The molecule has 5 atom stereocenters. The first-order chi connectivity index (χ1) is 14.1. The number of imide groups is 1. The van der Waals surface area contributed by atoms with Crippen molar-refractivity contribution in [2.24, 2.45) is 23.7 Å². The van der Waals surface area contributed by atoms with Gasteiger partial charge in [0.15, 0.2) is 0 Å². The van der Waals surface area contributed by atoms with Crippen LogP contribution in [-0.4, -0.2) is 46.7 Å². The van der Waals surface area contributed by atoms with Crippen LogP contribution in [0.25, 0.3) is 0 Å². The molecule has 1 saturated carbocycles. The summed E-state index contributed by atoms with van der Waals surface area (Å²) in [6.07, 6.45) is 9.75. The quantitative estimate of drug-likeness (QED) is 0.585. The fraction of sp³-hybridized carbons (Fsp3) is 0.542. The van der Waals surface area contributed by atoms with Crippen molar-refractivity contribution in [1.29, 1.82) is 0 Å². The zero-order valence-electron chi connectivity index (χ0n) is 16.7. The van der Waals surface area contributed by atoms with Crippen molar-refractivity contribution in [3.05, 3.63) is 48.0 Å². The average molecular weight is 392 g/mol.